The number of H-pyrrole nitrogens is 1. The van der Waals surface area contributed by atoms with E-state index in [1.807, 2.05) is 26.0 Å². The van der Waals surface area contributed by atoms with Gasteiger partial charge in [0.2, 0.25) is 0 Å². The fourth-order valence-corrected chi connectivity index (χ4v) is 3.24. The zero-order valence-electron chi connectivity index (χ0n) is 13.5. The summed E-state index contributed by atoms with van der Waals surface area (Å²) in [6, 6.07) is 6.05. The number of aromatic amines is 1. The minimum absolute atomic E-state index is 0.0106. The lowest BCUT2D eigenvalue weighted by Crippen LogP contribution is -2.05. The van der Waals surface area contributed by atoms with Crippen molar-refractivity contribution in [1.82, 2.24) is 9.97 Å². The average molecular weight is 312 g/mol. The molecular weight excluding hydrogens is 292 g/mol. The fourth-order valence-electron chi connectivity index (χ4n) is 3.24. The Morgan fingerprint density at radius 3 is 2.74 bits per heavy atom. The highest BCUT2D eigenvalue weighted by Crippen LogP contribution is 2.36. The minimum Gasteiger partial charge on any atom is -0.477 e. The molecule has 2 aromatic heterocycles. The van der Waals surface area contributed by atoms with Gasteiger partial charge in [-0.25, -0.2) is 9.78 Å². The van der Waals surface area contributed by atoms with E-state index in [4.69, 9.17) is 4.74 Å². The minimum atomic E-state index is -1.01. The van der Waals surface area contributed by atoms with Crippen molar-refractivity contribution in [3.63, 3.8) is 0 Å². The number of benzene rings is 1. The van der Waals surface area contributed by atoms with E-state index in [0.29, 0.717) is 12.2 Å². The molecule has 3 rings (SSSR count). The normalized spacial score (nSPS) is 12.8. The molecule has 0 aliphatic heterocycles. The first-order valence-electron chi connectivity index (χ1n) is 7.83. The van der Waals surface area contributed by atoms with E-state index in [2.05, 4.69) is 23.0 Å². The number of carboxylic acid groups (broad SMARTS) is 1. The third-order valence-corrected chi connectivity index (χ3v) is 4.23. The second-order valence-electron chi connectivity index (χ2n) is 5.57. The summed E-state index contributed by atoms with van der Waals surface area (Å²) in [5.74, 6) is -1.01. The Bertz CT molecular complexity index is 883. The van der Waals surface area contributed by atoms with E-state index < -0.39 is 5.97 Å². The van der Waals surface area contributed by atoms with E-state index >= 15 is 0 Å². The second-order valence-corrected chi connectivity index (χ2v) is 5.57. The SMILES string of the molecule is CCOC(CC)c1cccc2[nH]c3cnc(C(=O)O)c(C)c3c12. The Balaban J connectivity index is 2.38. The lowest BCUT2D eigenvalue weighted by atomic mass is 9.98. The van der Waals surface area contributed by atoms with Crippen LogP contribution in [0.15, 0.2) is 24.4 Å². The number of hydrogen-bond acceptors (Lipinski definition) is 3. The molecule has 120 valence electrons. The molecule has 0 aliphatic carbocycles. The molecule has 1 aromatic carbocycles. The first-order valence-corrected chi connectivity index (χ1v) is 7.83. The standard InChI is InChI=1S/C18H20N2O3/c1-4-14(23-5-2)11-7-6-8-12-16(11)15-10(3)17(18(21)22)19-9-13(15)20-12/h6-9,14,20H,4-5H2,1-3H3,(H,21,22). The van der Waals surface area contributed by atoms with Gasteiger partial charge in [0.15, 0.2) is 5.69 Å². The molecule has 5 nitrogen and oxygen atoms in total. The molecule has 2 heterocycles. The molecule has 3 aromatic rings. The van der Waals surface area contributed by atoms with Gasteiger partial charge < -0.3 is 14.8 Å². The highest BCUT2D eigenvalue weighted by Gasteiger charge is 2.20. The third kappa shape index (κ3) is 2.47. The largest absolute Gasteiger partial charge is 0.477 e. The first kappa shape index (κ1) is 15.5. The number of aromatic carboxylic acids is 1. The number of ether oxygens (including phenoxy) is 1. The molecular formula is C18H20N2O3. The van der Waals surface area contributed by atoms with Crippen LogP contribution in [0.4, 0.5) is 0 Å². The van der Waals surface area contributed by atoms with Crippen LogP contribution >= 0.6 is 0 Å². The maximum absolute atomic E-state index is 11.4. The van der Waals surface area contributed by atoms with Crippen LogP contribution in [-0.2, 0) is 4.74 Å². The summed E-state index contributed by atoms with van der Waals surface area (Å²) in [5, 5.41) is 11.3. The number of pyridine rings is 1. The monoisotopic (exact) mass is 312 g/mol. The number of aryl methyl sites for hydroxylation is 1. The van der Waals surface area contributed by atoms with Gasteiger partial charge in [0.25, 0.3) is 0 Å². The lowest BCUT2D eigenvalue weighted by Gasteiger charge is -2.17. The van der Waals surface area contributed by atoms with Crippen LogP contribution in [0.2, 0.25) is 0 Å². The number of hydrogen-bond donors (Lipinski definition) is 2. The molecule has 0 bridgehead atoms. The van der Waals surface area contributed by atoms with Crippen LogP contribution in [0.25, 0.3) is 21.8 Å². The zero-order valence-corrected chi connectivity index (χ0v) is 13.5. The lowest BCUT2D eigenvalue weighted by molar-refractivity contribution is 0.0609. The number of nitrogens with one attached hydrogen (secondary N) is 1. The van der Waals surface area contributed by atoms with Crippen molar-refractivity contribution in [2.75, 3.05) is 6.61 Å². The molecule has 5 heteroatoms. The van der Waals surface area contributed by atoms with Crippen molar-refractivity contribution < 1.29 is 14.6 Å². The molecule has 23 heavy (non-hydrogen) atoms. The topological polar surface area (TPSA) is 75.2 Å². The number of carboxylic acids is 1. The van der Waals surface area contributed by atoms with Crippen LogP contribution in [0.1, 0.15) is 48.0 Å². The smallest absolute Gasteiger partial charge is 0.354 e. The summed E-state index contributed by atoms with van der Waals surface area (Å²) in [5.41, 5.74) is 3.69. The van der Waals surface area contributed by atoms with Gasteiger partial charge in [0, 0.05) is 22.9 Å². The molecule has 0 saturated carbocycles. The zero-order chi connectivity index (χ0) is 16.6. The molecule has 0 amide bonds. The number of fused-ring (bicyclic) bond motifs is 3. The average Bonchev–Trinajstić information content (AvgIpc) is 2.92. The molecule has 0 aliphatic rings. The highest BCUT2D eigenvalue weighted by molar-refractivity contribution is 6.12. The highest BCUT2D eigenvalue weighted by atomic mass is 16.5. The van der Waals surface area contributed by atoms with Crippen LogP contribution in [0.3, 0.4) is 0 Å². The van der Waals surface area contributed by atoms with E-state index in [9.17, 15) is 9.90 Å². The quantitative estimate of drug-likeness (QED) is 0.740. The van der Waals surface area contributed by atoms with Crippen LogP contribution in [0, 0.1) is 6.92 Å². The molecule has 1 atom stereocenters. The summed E-state index contributed by atoms with van der Waals surface area (Å²) in [4.78, 5) is 18.8. The molecule has 0 radical (unpaired) electrons. The van der Waals surface area contributed by atoms with E-state index in [-0.39, 0.29) is 11.8 Å². The van der Waals surface area contributed by atoms with E-state index in [0.717, 1.165) is 33.8 Å². The molecule has 0 fully saturated rings. The van der Waals surface area contributed by atoms with Crippen molar-refractivity contribution in [3.8, 4) is 0 Å². The van der Waals surface area contributed by atoms with Crippen molar-refractivity contribution in [2.24, 2.45) is 0 Å². The predicted molar refractivity (Wildman–Crippen MR) is 90.0 cm³/mol. The summed E-state index contributed by atoms with van der Waals surface area (Å²) in [6.45, 7) is 6.52. The Morgan fingerprint density at radius 2 is 2.09 bits per heavy atom. The van der Waals surface area contributed by atoms with Crippen LogP contribution < -0.4 is 0 Å². The summed E-state index contributed by atoms with van der Waals surface area (Å²) in [7, 11) is 0. The van der Waals surface area contributed by atoms with Gasteiger partial charge in [-0.15, -0.1) is 0 Å². The van der Waals surface area contributed by atoms with Gasteiger partial charge in [-0.2, -0.15) is 0 Å². The first-order chi connectivity index (χ1) is 11.1. The fraction of sp³-hybridized carbons (Fsp3) is 0.333. The van der Waals surface area contributed by atoms with Crippen molar-refractivity contribution in [1.29, 1.82) is 0 Å². The van der Waals surface area contributed by atoms with Gasteiger partial charge in [0.1, 0.15) is 0 Å². The molecule has 0 saturated heterocycles. The summed E-state index contributed by atoms with van der Waals surface area (Å²) >= 11 is 0. The van der Waals surface area contributed by atoms with Crippen LogP contribution in [0.5, 0.6) is 0 Å². The third-order valence-electron chi connectivity index (χ3n) is 4.23. The van der Waals surface area contributed by atoms with E-state index in [1.165, 1.54) is 0 Å². The molecule has 1 unspecified atom stereocenters. The summed E-state index contributed by atoms with van der Waals surface area (Å²) in [6.07, 6.45) is 2.44. The van der Waals surface area contributed by atoms with Crippen molar-refractivity contribution in [2.45, 2.75) is 33.3 Å². The maximum Gasteiger partial charge on any atom is 0.354 e. The number of carbonyl (C=O) groups is 1. The predicted octanol–water partition coefficient (Wildman–Crippen LogP) is 4.21. The molecule has 0 spiro atoms. The second kappa shape index (κ2) is 6.01. The van der Waals surface area contributed by atoms with Gasteiger partial charge in [-0.05, 0) is 37.5 Å². The van der Waals surface area contributed by atoms with Gasteiger partial charge in [-0.3, -0.25) is 0 Å². The van der Waals surface area contributed by atoms with Gasteiger partial charge in [0.05, 0.1) is 17.8 Å². The molecule has 2 N–H and O–H groups in total. The summed E-state index contributed by atoms with van der Waals surface area (Å²) < 4.78 is 5.88. The van der Waals surface area contributed by atoms with E-state index in [1.54, 1.807) is 6.20 Å². The van der Waals surface area contributed by atoms with Gasteiger partial charge in [-0.1, -0.05) is 19.1 Å². The van der Waals surface area contributed by atoms with Crippen LogP contribution in [-0.4, -0.2) is 27.7 Å². The number of nitrogens with zero attached hydrogens (tertiary/aromatic N) is 1. The Labute approximate surface area is 134 Å². The van der Waals surface area contributed by atoms with Crippen molar-refractivity contribution >= 4 is 27.8 Å². The Kier molecular flexibility index (Phi) is 4.05. The Morgan fingerprint density at radius 1 is 1.30 bits per heavy atom. The van der Waals surface area contributed by atoms with Crippen molar-refractivity contribution in [3.05, 3.63) is 41.2 Å². The number of rotatable bonds is 5. The van der Waals surface area contributed by atoms with Gasteiger partial charge >= 0.3 is 5.97 Å². The maximum atomic E-state index is 11.4. The number of aromatic nitrogens is 2. The Hall–Kier alpha value is -2.40.